The smallest absolute Gasteiger partial charge is 0.0483 e. The van der Waals surface area contributed by atoms with E-state index in [1.807, 2.05) is 43.4 Å². The van der Waals surface area contributed by atoms with Gasteiger partial charge in [0.15, 0.2) is 0 Å². The van der Waals surface area contributed by atoms with E-state index in [4.69, 9.17) is 11.6 Å². The van der Waals surface area contributed by atoms with Crippen LogP contribution in [0.1, 0.15) is 20.3 Å². The third-order valence-corrected chi connectivity index (χ3v) is 3.50. The molecule has 0 heterocycles. The summed E-state index contributed by atoms with van der Waals surface area (Å²) in [4.78, 5) is 0. The Labute approximate surface area is 127 Å². The third-order valence-electron chi connectivity index (χ3n) is 3.25. The van der Waals surface area contributed by atoms with Crippen molar-refractivity contribution in [2.45, 2.75) is 26.3 Å². The van der Waals surface area contributed by atoms with Gasteiger partial charge in [-0.05, 0) is 51.6 Å². The normalized spacial score (nSPS) is 13.6. The van der Waals surface area contributed by atoms with Crippen LogP contribution in [0.5, 0.6) is 0 Å². The van der Waals surface area contributed by atoms with E-state index in [-0.39, 0.29) is 0 Å². The number of nitrogens with zero attached hydrogens (tertiary/aromatic N) is 1. The lowest BCUT2D eigenvalue weighted by atomic mass is 10.0. The largest absolute Gasteiger partial charge is 0.379 e. The average molecular weight is 297 g/mol. The SMILES string of the molecule is C/C=C(\C)C(CCN(C)NNC)Nc1ccc(Cl)cc1. The van der Waals surface area contributed by atoms with Crippen LogP contribution in [0.4, 0.5) is 5.69 Å². The zero-order chi connectivity index (χ0) is 15.0. The van der Waals surface area contributed by atoms with Crippen molar-refractivity contribution in [3.05, 3.63) is 40.9 Å². The first-order valence-corrected chi connectivity index (χ1v) is 7.23. The van der Waals surface area contributed by atoms with Gasteiger partial charge in [0.25, 0.3) is 0 Å². The van der Waals surface area contributed by atoms with Gasteiger partial charge < -0.3 is 5.32 Å². The molecule has 0 spiro atoms. The van der Waals surface area contributed by atoms with E-state index in [2.05, 4.69) is 36.2 Å². The summed E-state index contributed by atoms with van der Waals surface area (Å²) in [5.74, 6) is 0. The predicted molar refractivity (Wildman–Crippen MR) is 87.7 cm³/mol. The molecule has 1 aromatic rings. The van der Waals surface area contributed by atoms with Gasteiger partial charge in [0.1, 0.15) is 0 Å². The summed E-state index contributed by atoms with van der Waals surface area (Å²) in [6.45, 7) is 5.15. The minimum atomic E-state index is 0.308. The monoisotopic (exact) mass is 296 g/mol. The maximum absolute atomic E-state index is 5.91. The molecule has 0 saturated heterocycles. The number of hydrogen-bond donors (Lipinski definition) is 3. The molecular formula is C15H25ClN4. The molecule has 0 bridgehead atoms. The summed E-state index contributed by atoms with van der Waals surface area (Å²) in [7, 11) is 3.87. The number of benzene rings is 1. The summed E-state index contributed by atoms with van der Waals surface area (Å²) in [6.07, 6.45) is 3.16. The molecular weight excluding hydrogens is 272 g/mol. The molecule has 1 unspecified atom stereocenters. The van der Waals surface area contributed by atoms with Crippen LogP contribution in [0.3, 0.4) is 0 Å². The van der Waals surface area contributed by atoms with Gasteiger partial charge in [0.2, 0.25) is 0 Å². The first-order chi connectivity index (χ1) is 9.56. The lowest BCUT2D eigenvalue weighted by Crippen LogP contribution is -2.44. The molecule has 4 nitrogen and oxygen atoms in total. The van der Waals surface area contributed by atoms with Crippen LogP contribution in [0.15, 0.2) is 35.9 Å². The van der Waals surface area contributed by atoms with E-state index < -0.39 is 0 Å². The molecule has 5 heteroatoms. The molecule has 0 aromatic heterocycles. The van der Waals surface area contributed by atoms with Gasteiger partial charge in [-0.15, -0.1) is 0 Å². The molecule has 0 aliphatic heterocycles. The second-order valence-corrected chi connectivity index (χ2v) is 5.24. The fourth-order valence-corrected chi connectivity index (χ4v) is 2.06. The first kappa shape index (κ1) is 17.0. The van der Waals surface area contributed by atoms with Crippen molar-refractivity contribution in [1.82, 2.24) is 16.0 Å². The van der Waals surface area contributed by atoms with Crippen LogP contribution in [0, 0.1) is 0 Å². The Morgan fingerprint density at radius 2 is 2.00 bits per heavy atom. The highest BCUT2D eigenvalue weighted by Gasteiger charge is 2.11. The van der Waals surface area contributed by atoms with Crippen LogP contribution in [-0.4, -0.2) is 31.7 Å². The van der Waals surface area contributed by atoms with Gasteiger partial charge >= 0.3 is 0 Å². The van der Waals surface area contributed by atoms with Gasteiger partial charge in [-0.25, -0.2) is 10.4 Å². The molecule has 0 radical (unpaired) electrons. The van der Waals surface area contributed by atoms with E-state index in [0.717, 1.165) is 23.7 Å². The fraction of sp³-hybridized carbons (Fsp3) is 0.467. The molecule has 0 amide bonds. The summed E-state index contributed by atoms with van der Waals surface area (Å²) in [5, 5.41) is 6.34. The van der Waals surface area contributed by atoms with Gasteiger partial charge in [-0.1, -0.05) is 23.3 Å². The van der Waals surface area contributed by atoms with Crippen molar-refractivity contribution in [2.75, 3.05) is 26.0 Å². The van der Waals surface area contributed by atoms with Gasteiger partial charge in [0.05, 0.1) is 0 Å². The zero-order valence-electron chi connectivity index (χ0n) is 12.7. The maximum atomic E-state index is 5.91. The maximum Gasteiger partial charge on any atom is 0.0483 e. The number of hydrazine groups is 2. The molecule has 112 valence electrons. The van der Waals surface area contributed by atoms with Crippen molar-refractivity contribution in [3.63, 3.8) is 0 Å². The van der Waals surface area contributed by atoms with E-state index >= 15 is 0 Å². The van der Waals surface area contributed by atoms with E-state index in [1.165, 1.54) is 5.57 Å². The fourth-order valence-electron chi connectivity index (χ4n) is 1.93. The van der Waals surface area contributed by atoms with Crippen molar-refractivity contribution < 1.29 is 0 Å². The van der Waals surface area contributed by atoms with Gasteiger partial charge in [-0.3, -0.25) is 0 Å². The van der Waals surface area contributed by atoms with Crippen LogP contribution in [0.2, 0.25) is 5.02 Å². The Kier molecular flexibility index (Phi) is 7.62. The highest BCUT2D eigenvalue weighted by Crippen LogP contribution is 2.18. The third kappa shape index (κ3) is 5.92. The van der Waals surface area contributed by atoms with Gasteiger partial charge in [-0.2, -0.15) is 5.53 Å². The zero-order valence-corrected chi connectivity index (χ0v) is 13.5. The van der Waals surface area contributed by atoms with Crippen molar-refractivity contribution >= 4 is 17.3 Å². The summed E-state index contributed by atoms with van der Waals surface area (Å²) in [5.41, 5.74) is 8.38. The predicted octanol–water partition coefficient (Wildman–Crippen LogP) is 3.05. The van der Waals surface area contributed by atoms with Crippen LogP contribution < -0.4 is 16.3 Å². The Hall–Kier alpha value is -1.07. The number of anilines is 1. The standard InChI is InChI=1S/C15H25ClN4/c1-5-12(2)15(10-11-20(4)19-17-3)18-14-8-6-13(16)7-9-14/h5-9,15,17-19H,10-11H2,1-4H3/b12-5+. The molecule has 1 aromatic carbocycles. The second kappa shape index (κ2) is 8.97. The Morgan fingerprint density at radius 3 is 2.55 bits per heavy atom. The van der Waals surface area contributed by atoms with Crippen molar-refractivity contribution in [3.8, 4) is 0 Å². The topological polar surface area (TPSA) is 39.3 Å². The van der Waals surface area contributed by atoms with Crippen LogP contribution >= 0.6 is 11.6 Å². The second-order valence-electron chi connectivity index (χ2n) is 4.81. The number of allylic oxidation sites excluding steroid dienone is 1. The molecule has 0 aliphatic rings. The molecule has 3 N–H and O–H groups in total. The number of nitrogens with one attached hydrogen (secondary N) is 3. The summed E-state index contributed by atoms with van der Waals surface area (Å²) >= 11 is 5.91. The van der Waals surface area contributed by atoms with Crippen molar-refractivity contribution in [1.29, 1.82) is 0 Å². The molecule has 1 rings (SSSR count). The van der Waals surface area contributed by atoms with Gasteiger partial charge in [0, 0.05) is 30.3 Å². The molecule has 0 saturated carbocycles. The van der Waals surface area contributed by atoms with Crippen LogP contribution in [0.25, 0.3) is 0 Å². The van der Waals surface area contributed by atoms with Crippen LogP contribution in [-0.2, 0) is 0 Å². The molecule has 0 fully saturated rings. The van der Waals surface area contributed by atoms with E-state index in [0.29, 0.717) is 6.04 Å². The van der Waals surface area contributed by atoms with E-state index in [1.54, 1.807) is 0 Å². The molecule has 0 aliphatic carbocycles. The molecule has 1 atom stereocenters. The minimum absolute atomic E-state index is 0.308. The Bertz CT molecular complexity index is 416. The van der Waals surface area contributed by atoms with E-state index in [9.17, 15) is 0 Å². The molecule has 20 heavy (non-hydrogen) atoms. The lowest BCUT2D eigenvalue weighted by Gasteiger charge is -2.24. The highest BCUT2D eigenvalue weighted by atomic mass is 35.5. The number of hydrogen-bond acceptors (Lipinski definition) is 4. The summed E-state index contributed by atoms with van der Waals surface area (Å²) < 4.78 is 0. The highest BCUT2D eigenvalue weighted by molar-refractivity contribution is 6.30. The Balaban J connectivity index is 2.62. The lowest BCUT2D eigenvalue weighted by molar-refractivity contribution is 0.199. The minimum Gasteiger partial charge on any atom is -0.379 e. The summed E-state index contributed by atoms with van der Waals surface area (Å²) in [6, 6.07) is 8.13. The first-order valence-electron chi connectivity index (χ1n) is 6.85. The number of halogens is 1. The number of rotatable bonds is 8. The van der Waals surface area contributed by atoms with Crippen molar-refractivity contribution in [2.24, 2.45) is 0 Å². The average Bonchev–Trinajstić information content (AvgIpc) is 2.45. The quantitative estimate of drug-likeness (QED) is 0.509. The Morgan fingerprint density at radius 1 is 1.35 bits per heavy atom.